The van der Waals surface area contributed by atoms with Gasteiger partial charge in [-0.05, 0) is 22.3 Å². The molecular weight excluding hydrogens is 392 g/mol. The SMILES string of the molecule is O=C(CNC(=O)OCC1c2ccccc2-c2ccccc21)O[N+]1(O)C(=O)CCC1=O. The van der Waals surface area contributed by atoms with Crippen LogP contribution in [0.4, 0.5) is 4.79 Å². The van der Waals surface area contributed by atoms with Gasteiger partial charge in [0.05, 0.1) is 12.8 Å². The standard InChI is InChI=1S/C21H18N2O7/c24-18-9-10-19(25)23(18,28)30-20(26)11-22-21(27)29-12-17-15-7-3-1-5-13(15)14-6-2-4-8-16(14)17/h1-8,17,28H,9-12H2/p+1. The molecule has 0 bridgehead atoms. The molecule has 0 aromatic heterocycles. The Morgan fingerprint density at radius 2 is 1.50 bits per heavy atom. The van der Waals surface area contributed by atoms with Crippen LogP contribution in [0.5, 0.6) is 0 Å². The fourth-order valence-corrected chi connectivity index (χ4v) is 3.73. The van der Waals surface area contributed by atoms with E-state index in [1.807, 2.05) is 48.5 Å². The monoisotopic (exact) mass is 411 g/mol. The van der Waals surface area contributed by atoms with Crippen molar-refractivity contribution in [1.82, 2.24) is 5.32 Å². The van der Waals surface area contributed by atoms with Crippen molar-refractivity contribution in [2.24, 2.45) is 0 Å². The number of rotatable bonds is 5. The molecule has 154 valence electrons. The highest BCUT2D eigenvalue weighted by Crippen LogP contribution is 2.44. The third kappa shape index (κ3) is 3.44. The summed E-state index contributed by atoms with van der Waals surface area (Å²) in [6.07, 6.45) is -1.30. The molecule has 0 unspecified atom stereocenters. The van der Waals surface area contributed by atoms with E-state index in [9.17, 15) is 24.4 Å². The first kappa shape index (κ1) is 19.7. The van der Waals surface area contributed by atoms with Crippen molar-refractivity contribution >= 4 is 23.9 Å². The highest BCUT2D eigenvalue weighted by atomic mass is 17.0. The van der Waals surface area contributed by atoms with Gasteiger partial charge >= 0.3 is 23.9 Å². The molecule has 1 saturated heterocycles. The third-order valence-electron chi connectivity index (χ3n) is 5.18. The summed E-state index contributed by atoms with van der Waals surface area (Å²) in [7, 11) is 0. The number of hydrogen-bond acceptors (Lipinski definition) is 7. The molecule has 9 nitrogen and oxygen atoms in total. The molecule has 30 heavy (non-hydrogen) atoms. The van der Waals surface area contributed by atoms with E-state index >= 15 is 0 Å². The number of carbonyl (C=O) groups excluding carboxylic acids is 4. The first-order valence-corrected chi connectivity index (χ1v) is 9.40. The summed E-state index contributed by atoms with van der Waals surface area (Å²) >= 11 is 0. The zero-order valence-corrected chi connectivity index (χ0v) is 15.9. The number of nitrogens with one attached hydrogen (secondary N) is 1. The molecule has 2 aliphatic rings. The lowest BCUT2D eigenvalue weighted by Crippen LogP contribution is -2.52. The number of hydrogen-bond donors (Lipinski definition) is 2. The fraction of sp³-hybridized carbons (Fsp3) is 0.238. The predicted octanol–water partition coefficient (Wildman–Crippen LogP) is 2.04. The summed E-state index contributed by atoms with van der Waals surface area (Å²) < 4.78 is 5.27. The maximum absolute atomic E-state index is 12.0. The average Bonchev–Trinajstić information content (AvgIpc) is 3.20. The number of ether oxygens (including phenoxy) is 1. The molecule has 2 aromatic carbocycles. The largest absolute Gasteiger partial charge is 0.449 e. The van der Waals surface area contributed by atoms with E-state index in [-0.39, 0.29) is 25.4 Å². The number of imide groups is 1. The van der Waals surface area contributed by atoms with Gasteiger partial charge in [-0.15, -0.1) is 0 Å². The molecule has 2 N–H and O–H groups in total. The highest BCUT2D eigenvalue weighted by molar-refractivity contribution is 5.91. The van der Waals surface area contributed by atoms with E-state index in [1.165, 1.54) is 0 Å². The van der Waals surface area contributed by atoms with Gasteiger partial charge in [-0.1, -0.05) is 48.5 Å². The lowest BCUT2D eigenvalue weighted by atomic mass is 9.98. The van der Waals surface area contributed by atoms with Crippen molar-refractivity contribution in [3.05, 3.63) is 59.7 Å². The Kier molecular flexibility index (Phi) is 5.06. The highest BCUT2D eigenvalue weighted by Gasteiger charge is 2.55. The molecule has 1 heterocycles. The van der Waals surface area contributed by atoms with Gasteiger partial charge in [0, 0.05) is 5.92 Å². The minimum absolute atomic E-state index is 0.0614. The molecule has 3 amide bonds. The van der Waals surface area contributed by atoms with Crippen molar-refractivity contribution < 1.29 is 38.8 Å². The zero-order valence-electron chi connectivity index (χ0n) is 15.9. The smallest absolute Gasteiger partial charge is 0.407 e. The molecule has 0 radical (unpaired) electrons. The van der Waals surface area contributed by atoms with Crippen molar-refractivity contribution in [1.29, 1.82) is 0 Å². The molecule has 2 aromatic rings. The predicted molar refractivity (Wildman–Crippen MR) is 100 cm³/mol. The Morgan fingerprint density at radius 1 is 0.967 bits per heavy atom. The topological polar surface area (TPSA) is 119 Å². The summed E-state index contributed by atoms with van der Waals surface area (Å²) in [5, 5.41) is 12.0. The molecule has 0 saturated carbocycles. The summed E-state index contributed by atoms with van der Waals surface area (Å²) in [4.78, 5) is 49.4. The molecule has 1 fully saturated rings. The van der Waals surface area contributed by atoms with Crippen LogP contribution in [0.15, 0.2) is 48.5 Å². The number of carbonyl (C=O) groups is 4. The second-order valence-electron chi connectivity index (χ2n) is 7.01. The second kappa shape index (κ2) is 7.69. The van der Waals surface area contributed by atoms with Crippen LogP contribution in [0.3, 0.4) is 0 Å². The Balaban J connectivity index is 1.33. The summed E-state index contributed by atoms with van der Waals surface area (Å²) in [5.74, 6) is -3.15. The quantitative estimate of drug-likeness (QED) is 0.439. The van der Waals surface area contributed by atoms with E-state index in [0.717, 1.165) is 22.3 Å². The van der Waals surface area contributed by atoms with Gasteiger partial charge in [0.15, 0.2) is 0 Å². The van der Waals surface area contributed by atoms with E-state index in [0.29, 0.717) is 0 Å². The van der Waals surface area contributed by atoms with Gasteiger partial charge < -0.3 is 10.1 Å². The number of nitrogens with zero attached hydrogens (tertiary/aromatic N) is 1. The number of alkyl carbamates (subject to hydrolysis) is 1. The summed E-state index contributed by atoms with van der Waals surface area (Å²) in [6, 6.07) is 15.7. The van der Waals surface area contributed by atoms with Gasteiger partial charge in [0.1, 0.15) is 18.0 Å². The van der Waals surface area contributed by atoms with Crippen LogP contribution < -0.4 is 5.32 Å². The lowest BCUT2D eigenvalue weighted by Gasteiger charge is -2.16. The van der Waals surface area contributed by atoms with Crippen molar-refractivity contribution in [2.45, 2.75) is 18.8 Å². The van der Waals surface area contributed by atoms with Gasteiger partial charge in [0.25, 0.3) is 0 Å². The van der Waals surface area contributed by atoms with Crippen molar-refractivity contribution in [2.75, 3.05) is 13.2 Å². The minimum Gasteiger partial charge on any atom is -0.449 e. The van der Waals surface area contributed by atoms with E-state index in [2.05, 4.69) is 10.2 Å². The Hall–Kier alpha value is -3.56. The van der Waals surface area contributed by atoms with E-state index in [4.69, 9.17) is 4.74 Å². The van der Waals surface area contributed by atoms with Crippen LogP contribution >= 0.6 is 0 Å². The Labute approximate surface area is 171 Å². The molecule has 1 aliphatic carbocycles. The Bertz CT molecular complexity index is 988. The van der Waals surface area contributed by atoms with Crippen LogP contribution in [0, 0.1) is 0 Å². The normalized spacial score (nSPS) is 16.7. The third-order valence-corrected chi connectivity index (χ3v) is 5.18. The summed E-state index contributed by atoms with van der Waals surface area (Å²) in [6.45, 7) is -0.607. The maximum atomic E-state index is 12.0. The molecular formula is C21H19N2O7+. The van der Waals surface area contributed by atoms with Gasteiger partial charge in [-0.2, -0.15) is 5.21 Å². The fourth-order valence-electron chi connectivity index (χ4n) is 3.73. The van der Waals surface area contributed by atoms with Gasteiger partial charge in [-0.3, -0.25) is 0 Å². The number of amides is 3. The minimum atomic E-state index is -2.02. The average molecular weight is 411 g/mol. The molecule has 4 rings (SSSR count). The molecule has 9 heteroatoms. The number of quaternary nitrogens is 1. The number of hydroxylamine groups is 4. The van der Waals surface area contributed by atoms with Crippen molar-refractivity contribution in [3.63, 3.8) is 0 Å². The van der Waals surface area contributed by atoms with Crippen LogP contribution in [-0.4, -0.2) is 47.0 Å². The number of benzene rings is 2. The zero-order chi connectivity index (χ0) is 21.3. The van der Waals surface area contributed by atoms with Gasteiger partial charge in [-0.25, -0.2) is 24.0 Å². The van der Waals surface area contributed by atoms with E-state index in [1.54, 1.807) is 0 Å². The van der Waals surface area contributed by atoms with Crippen LogP contribution in [0.25, 0.3) is 11.1 Å². The summed E-state index contributed by atoms with van der Waals surface area (Å²) in [5.41, 5.74) is 4.26. The number of fused-ring (bicyclic) bond motifs is 3. The van der Waals surface area contributed by atoms with Crippen LogP contribution in [0.1, 0.15) is 29.9 Å². The van der Waals surface area contributed by atoms with Crippen LogP contribution in [0.2, 0.25) is 0 Å². The van der Waals surface area contributed by atoms with Crippen molar-refractivity contribution in [3.8, 4) is 11.1 Å². The maximum Gasteiger partial charge on any atom is 0.407 e. The molecule has 1 aliphatic heterocycles. The second-order valence-corrected chi connectivity index (χ2v) is 7.01. The van der Waals surface area contributed by atoms with Crippen LogP contribution in [-0.2, 0) is 24.0 Å². The first-order chi connectivity index (χ1) is 14.4. The van der Waals surface area contributed by atoms with Gasteiger partial charge in [0.2, 0.25) is 0 Å². The van der Waals surface area contributed by atoms with E-state index < -0.39 is 35.2 Å². The molecule has 0 spiro atoms. The first-order valence-electron chi connectivity index (χ1n) is 9.40. The Morgan fingerprint density at radius 3 is 2.07 bits per heavy atom. The molecule has 0 atom stereocenters. The lowest BCUT2D eigenvalue weighted by molar-refractivity contribution is -1.12.